The van der Waals surface area contributed by atoms with E-state index in [4.69, 9.17) is 0 Å². The van der Waals surface area contributed by atoms with E-state index in [0.29, 0.717) is 25.1 Å². The van der Waals surface area contributed by atoms with Gasteiger partial charge in [0.05, 0.1) is 5.41 Å². The second kappa shape index (κ2) is 4.91. The smallest absolute Gasteiger partial charge is 0.254 e. The Morgan fingerprint density at radius 2 is 2.16 bits per heavy atom. The van der Waals surface area contributed by atoms with Crippen molar-refractivity contribution in [3.63, 3.8) is 0 Å². The van der Waals surface area contributed by atoms with Gasteiger partial charge in [-0.15, -0.1) is 0 Å². The molecule has 0 saturated carbocycles. The summed E-state index contributed by atoms with van der Waals surface area (Å²) < 4.78 is 0. The van der Waals surface area contributed by atoms with Gasteiger partial charge in [-0.3, -0.25) is 9.59 Å². The van der Waals surface area contributed by atoms with Gasteiger partial charge in [0, 0.05) is 25.7 Å². The van der Waals surface area contributed by atoms with Gasteiger partial charge in [0.1, 0.15) is 5.75 Å². The van der Waals surface area contributed by atoms with Crippen molar-refractivity contribution < 1.29 is 14.7 Å². The number of nitrogens with one attached hydrogen (secondary N) is 1. The second-order valence-electron chi connectivity index (χ2n) is 5.17. The van der Waals surface area contributed by atoms with E-state index in [1.165, 1.54) is 12.1 Å². The molecule has 2 N–H and O–H groups in total. The number of phenolic OH excluding ortho intramolecular Hbond substituents is 1. The number of carbonyl (C=O) groups excluding carboxylic acids is 2. The molecule has 1 fully saturated rings. The highest BCUT2D eigenvalue weighted by Crippen LogP contribution is 2.31. The average molecular weight is 262 g/mol. The van der Waals surface area contributed by atoms with Crippen molar-refractivity contribution in [2.45, 2.75) is 13.3 Å². The van der Waals surface area contributed by atoms with E-state index in [1.54, 1.807) is 24.1 Å². The quantitative estimate of drug-likeness (QED) is 0.835. The van der Waals surface area contributed by atoms with Gasteiger partial charge in [0.15, 0.2) is 0 Å². The van der Waals surface area contributed by atoms with Gasteiger partial charge in [-0.2, -0.15) is 0 Å². The van der Waals surface area contributed by atoms with Crippen molar-refractivity contribution in [3.8, 4) is 5.75 Å². The predicted molar refractivity (Wildman–Crippen MR) is 70.8 cm³/mol. The van der Waals surface area contributed by atoms with Crippen molar-refractivity contribution in [1.29, 1.82) is 0 Å². The van der Waals surface area contributed by atoms with Gasteiger partial charge < -0.3 is 15.3 Å². The van der Waals surface area contributed by atoms with E-state index in [1.807, 2.05) is 6.92 Å². The highest BCUT2D eigenvalue weighted by molar-refractivity contribution is 5.95. The molecule has 2 amide bonds. The summed E-state index contributed by atoms with van der Waals surface area (Å²) in [5.74, 6) is -0.124. The Labute approximate surface area is 112 Å². The van der Waals surface area contributed by atoms with E-state index in [0.717, 1.165) is 0 Å². The third-order valence-electron chi connectivity index (χ3n) is 3.63. The Bertz CT molecular complexity index is 515. The number of phenols is 1. The van der Waals surface area contributed by atoms with Crippen LogP contribution < -0.4 is 5.32 Å². The summed E-state index contributed by atoms with van der Waals surface area (Å²) >= 11 is 0. The Balaban J connectivity index is 2.13. The van der Waals surface area contributed by atoms with Gasteiger partial charge in [-0.05, 0) is 31.5 Å². The fraction of sp³-hybridized carbons (Fsp3) is 0.429. The maximum atomic E-state index is 12.3. The Morgan fingerprint density at radius 1 is 1.42 bits per heavy atom. The maximum Gasteiger partial charge on any atom is 0.254 e. The molecule has 1 heterocycles. The highest BCUT2D eigenvalue weighted by Gasteiger charge is 2.41. The molecule has 5 nitrogen and oxygen atoms in total. The van der Waals surface area contributed by atoms with Crippen LogP contribution in [0.5, 0.6) is 5.75 Å². The van der Waals surface area contributed by atoms with Crippen LogP contribution in [-0.4, -0.2) is 42.0 Å². The van der Waals surface area contributed by atoms with Crippen molar-refractivity contribution in [3.05, 3.63) is 29.8 Å². The summed E-state index contributed by atoms with van der Waals surface area (Å²) in [4.78, 5) is 25.7. The molecule has 102 valence electrons. The molecule has 1 aliphatic rings. The molecule has 0 bridgehead atoms. The molecule has 2 rings (SSSR count). The molecule has 5 heteroatoms. The summed E-state index contributed by atoms with van der Waals surface area (Å²) in [5.41, 5.74) is -0.0810. The molecule has 1 unspecified atom stereocenters. The molecule has 1 saturated heterocycles. The lowest BCUT2D eigenvalue weighted by Gasteiger charge is -2.22. The van der Waals surface area contributed by atoms with Gasteiger partial charge in [-0.1, -0.05) is 6.07 Å². The van der Waals surface area contributed by atoms with E-state index >= 15 is 0 Å². The Kier molecular flexibility index (Phi) is 3.46. The van der Waals surface area contributed by atoms with Crippen LogP contribution in [0.15, 0.2) is 24.3 Å². The lowest BCUT2D eigenvalue weighted by molar-refractivity contribution is -0.128. The first-order valence-electron chi connectivity index (χ1n) is 6.27. The number of benzene rings is 1. The summed E-state index contributed by atoms with van der Waals surface area (Å²) in [6.07, 6.45) is 0.650. The Hall–Kier alpha value is -2.04. The first-order valence-corrected chi connectivity index (χ1v) is 6.27. The fourth-order valence-corrected chi connectivity index (χ4v) is 2.44. The third kappa shape index (κ3) is 2.54. The van der Waals surface area contributed by atoms with Crippen LogP contribution in [0.25, 0.3) is 0 Å². The third-order valence-corrected chi connectivity index (χ3v) is 3.63. The van der Waals surface area contributed by atoms with Crippen molar-refractivity contribution >= 4 is 11.8 Å². The van der Waals surface area contributed by atoms with E-state index in [2.05, 4.69) is 5.32 Å². The first-order chi connectivity index (χ1) is 8.96. The number of amides is 2. The molecule has 1 aromatic carbocycles. The molecule has 0 aliphatic carbocycles. The van der Waals surface area contributed by atoms with Crippen LogP contribution in [0.4, 0.5) is 0 Å². The van der Waals surface area contributed by atoms with Crippen LogP contribution in [0, 0.1) is 5.41 Å². The van der Waals surface area contributed by atoms with E-state index < -0.39 is 5.41 Å². The monoisotopic (exact) mass is 262 g/mol. The standard InChI is InChI=1S/C14H18N2O3/c1-14(13(19)15-2)6-7-16(9-14)12(18)10-4-3-5-11(17)8-10/h3-5,8,17H,6-7,9H2,1-2H3,(H,15,19). The van der Waals surface area contributed by atoms with E-state index in [9.17, 15) is 14.7 Å². The minimum Gasteiger partial charge on any atom is -0.508 e. The number of rotatable bonds is 2. The van der Waals surface area contributed by atoms with Crippen LogP contribution in [0.1, 0.15) is 23.7 Å². The zero-order chi connectivity index (χ0) is 14.0. The van der Waals surface area contributed by atoms with Crippen molar-refractivity contribution in [1.82, 2.24) is 10.2 Å². The zero-order valence-corrected chi connectivity index (χ0v) is 11.1. The molecule has 1 aromatic rings. The average Bonchev–Trinajstić information content (AvgIpc) is 2.81. The molecule has 0 aromatic heterocycles. The predicted octanol–water partition coefficient (Wildman–Crippen LogP) is 0.990. The lowest BCUT2D eigenvalue weighted by atomic mass is 9.89. The second-order valence-corrected chi connectivity index (χ2v) is 5.17. The summed E-state index contributed by atoms with van der Waals surface area (Å²) in [7, 11) is 1.60. The van der Waals surface area contributed by atoms with Gasteiger partial charge >= 0.3 is 0 Å². The van der Waals surface area contributed by atoms with Crippen molar-refractivity contribution in [2.75, 3.05) is 20.1 Å². The molecule has 0 radical (unpaired) electrons. The number of hydrogen-bond donors (Lipinski definition) is 2. The van der Waals surface area contributed by atoms with Crippen LogP contribution in [0.3, 0.4) is 0 Å². The van der Waals surface area contributed by atoms with Crippen LogP contribution in [-0.2, 0) is 4.79 Å². The zero-order valence-electron chi connectivity index (χ0n) is 11.1. The summed E-state index contributed by atoms with van der Waals surface area (Å²) in [6, 6.07) is 6.27. The molecule has 1 aliphatic heterocycles. The molecular formula is C14H18N2O3. The Morgan fingerprint density at radius 3 is 2.79 bits per heavy atom. The van der Waals surface area contributed by atoms with Crippen LogP contribution >= 0.6 is 0 Å². The largest absolute Gasteiger partial charge is 0.508 e. The van der Waals surface area contributed by atoms with Crippen molar-refractivity contribution in [2.24, 2.45) is 5.41 Å². The summed E-state index contributed by atoms with van der Waals surface area (Å²) in [6.45, 7) is 2.82. The highest BCUT2D eigenvalue weighted by atomic mass is 16.3. The topological polar surface area (TPSA) is 69.6 Å². The minimum atomic E-state index is -0.527. The van der Waals surface area contributed by atoms with Crippen LogP contribution in [0.2, 0.25) is 0 Å². The first kappa shape index (κ1) is 13.4. The van der Waals surface area contributed by atoms with Gasteiger partial charge in [0.2, 0.25) is 5.91 Å². The molecule has 19 heavy (non-hydrogen) atoms. The summed E-state index contributed by atoms with van der Waals surface area (Å²) in [5, 5.41) is 12.0. The minimum absolute atomic E-state index is 0.0429. The van der Waals surface area contributed by atoms with Gasteiger partial charge in [0.25, 0.3) is 5.91 Å². The molecular weight excluding hydrogens is 244 g/mol. The molecule has 0 spiro atoms. The normalized spacial score (nSPS) is 22.3. The lowest BCUT2D eigenvalue weighted by Crippen LogP contribution is -2.40. The maximum absolute atomic E-state index is 12.3. The SMILES string of the molecule is CNC(=O)C1(C)CCN(C(=O)c2cccc(O)c2)C1. The van der Waals surface area contributed by atoms with Gasteiger partial charge in [-0.25, -0.2) is 0 Å². The number of aromatic hydroxyl groups is 1. The molecule has 1 atom stereocenters. The number of carbonyl (C=O) groups is 2. The number of hydrogen-bond acceptors (Lipinski definition) is 3. The van der Waals surface area contributed by atoms with E-state index in [-0.39, 0.29) is 17.6 Å². The number of likely N-dealkylation sites (tertiary alicyclic amines) is 1. The fourth-order valence-electron chi connectivity index (χ4n) is 2.44. The number of nitrogens with zero attached hydrogens (tertiary/aromatic N) is 1.